The molecule has 1 N–H and O–H groups in total. The van der Waals surface area contributed by atoms with Crippen molar-refractivity contribution in [2.45, 2.75) is 33.2 Å². The minimum absolute atomic E-state index is 0.00523. The molecule has 2 rings (SSSR count). The molecule has 0 aliphatic rings. The van der Waals surface area contributed by atoms with Gasteiger partial charge in [0.15, 0.2) is 0 Å². The van der Waals surface area contributed by atoms with Crippen LogP contribution < -0.4 is 10.1 Å². The van der Waals surface area contributed by atoms with Gasteiger partial charge in [-0.3, -0.25) is 4.79 Å². The number of ether oxygens (including phenoxy) is 1. The number of rotatable bonds is 5. The Morgan fingerprint density at radius 2 is 1.82 bits per heavy atom. The van der Waals surface area contributed by atoms with Gasteiger partial charge >= 0.3 is 0 Å². The maximum Gasteiger partial charge on any atom is 0.224 e. The molecular weight excluding hydrogens is 274 g/mol. The van der Waals surface area contributed by atoms with Crippen molar-refractivity contribution in [2.75, 3.05) is 7.11 Å². The van der Waals surface area contributed by atoms with E-state index in [2.05, 4.69) is 37.4 Å². The summed E-state index contributed by atoms with van der Waals surface area (Å²) in [5, 5.41) is 3.07. The van der Waals surface area contributed by atoms with Crippen molar-refractivity contribution in [3.63, 3.8) is 0 Å². The van der Waals surface area contributed by atoms with Crippen molar-refractivity contribution in [1.29, 1.82) is 0 Å². The summed E-state index contributed by atoms with van der Waals surface area (Å²) in [5.41, 5.74) is 4.55. The third kappa shape index (κ3) is 4.10. The number of hydrogen-bond acceptors (Lipinski definition) is 2. The second kappa shape index (κ2) is 7.12. The smallest absolute Gasteiger partial charge is 0.224 e. The molecule has 0 saturated carbocycles. The number of nitrogens with one attached hydrogen (secondary N) is 1. The molecule has 0 radical (unpaired) electrons. The van der Waals surface area contributed by atoms with Crippen LogP contribution in [0.1, 0.15) is 35.2 Å². The number of carbonyl (C=O) groups excluding carboxylic acids is 1. The SMILES string of the molecule is COc1ccc(CC(=O)NC(C)c2cc(C)ccc2C)cc1. The average molecular weight is 297 g/mol. The van der Waals surface area contributed by atoms with Crippen LogP contribution in [0, 0.1) is 13.8 Å². The van der Waals surface area contributed by atoms with Gasteiger partial charge in [0.25, 0.3) is 0 Å². The standard InChI is InChI=1S/C19H23NO2/c1-13-5-6-14(2)18(11-13)15(3)20-19(21)12-16-7-9-17(22-4)10-8-16/h5-11,15H,12H2,1-4H3,(H,20,21). The predicted molar refractivity (Wildman–Crippen MR) is 89.2 cm³/mol. The zero-order valence-corrected chi connectivity index (χ0v) is 13.6. The molecule has 116 valence electrons. The predicted octanol–water partition coefficient (Wildman–Crippen LogP) is 3.73. The van der Waals surface area contributed by atoms with Gasteiger partial charge in [-0.05, 0) is 49.6 Å². The zero-order valence-electron chi connectivity index (χ0n) is 13.6. The number of amides is 1. The Bertz CT molecular complexity index is 647. The van der Waals surface area contributed by atoms with Crippen molar-refractivity contribution >= 4 is 5.91 Å². The third-order valence-electron chi connectivity index (χ3n) is 3.80. The minimum Gasteiger partial charge on any atom is -0.497 e. The first kappa shape index (κ1) is 16.1. The topological polar surface area (TPSA) is 38.3 Å². The van der Waals surface area contributed by atoms with E-state index in [1.54, 1.807) is 7.11 Å². The number of aryl methyl sites for hydroxylation is 2. The molecule has 0 aliphatic carbocycles. The molecule has 1 amide bonds. The van der Waals surface area contributed by atoms with Crippen LogP contribution in [0.15, 0.2) is 42.5 Å². The molecule has 22 heavy (non-hydrogen) atoms. The van der Waals surface area contributed by atoms with Crippen LogP contribution in [0.2, 0.25) is 0 Å². The van der Waals surface area contributed by atoms with Crippen molar-refractivity contribution in [1.82, 2.24) is 5.32 Å². The Balaban J connectivity index is 2.00. The van der Waals surface area contributed by atoms with Gasteiger partial charge in [-0.1, -0.05) is 35.9 Å². The Kier molecular flexibility index (Phi) is 5.21. The Morgan fingerprint density at radius 1 is 1.14 bits per heavy atom. The van der Waals surface area contributed by atoms with E-state index in [1.807, 2.05) is 31.2 Å². The van der Waals surface area contributed by atoms with Gasteiger partial charge in [0, 0.05) is 0 Å². The summed E-state index contributed by atoms with van der Waals surface area (Å²) in [4.78, 5) is 12.2. The molecular formula is C19H23NO2. The van der Waals surface area contributed by atoms with Crippen LogP contribution in [0.3, 0.4) is 0 Å². The zero-order chi connectivity index (χ0) is 16.1. The Hall–Kier alpha value is -2.29. The first-order chi connectivity index (χ1) is 10.5. The summed E-state index contributed by atoms with van der Waals surface area (Å²) < 4.78 is 5.12. The van der Waals surface area contributed by atoms with Gasteiger partial charge in [0.2, 0.25) is 5.91 Å². The molecule has 2 aromatic rings. The second-order valence-corrected chi connectivity index (χ2v) is 5.67. The fraction of sp³-hybridized carbons (Fsp3) is 0.316. The minimum atomic E-state index is 0.00523. The summed E-state index contributed by atoms with van der Waals surface area (Å²) in [6.45, 7) is 6.16. The lowest BCUT2D eigenvalue weighted by molar-refractivity contribution is -0.121. The largest absolute Gasteiger partial charge is 0.497 e. The summed E-state index contributed by atoms with van der Waals surface area (Å²) in [6, 6.07) is 13.9. The van der Waals surface area contributed by atoms with Gasteiger partial charge in [-0.2, -0.15) is 0 Å². The van der Waals surface area contributed by atoms with Gasteiger partial charge in [-0.25, -0.2) is 0 Å². The number of benzene rings is 2. The molecule has 0 aromatic heterocycles. The highest BCUT2D eigenvalue weighted by molar-refractivity contribution is 5.79. The van der Waals surface area contributed by atoms with Crippen molar-refractivity contribution in [3.8, 4) is 5.75 Å². The van der Waals surface area contributed by atoms with E-state index in [0.29, 0.717) is 6.42 Å². The van der Waals surface area contributed by atoms with Crippen LogP contribution in [0.5, 0.6) is 5.75 Å². The lowest BCUT2D eigenvalue weighted by atomic mass is 10.00. The summed E-state index contributed by atoms with van der Waals surface area (Å²) in [7, 11) is 1.63. The fourth-order valence-corrected chi connectivity index (χ4v) is 2.53. The number of methoxy groups -OCH3 is 1. The molecule has 3 nitrogen and oxygen atoms in total. The molecule has 2 aromatic carbocycles. The summed E-state index contributed by atoms with van der Waals surface area (Å²) >= 11 is 0. The summed E-state index contributed by atoms with van der Waals surface area (Å²) in [6.07, 6.45) is 0.374. The quantitative estimate of drug-likeness (QED) is 0.913. The van der Waals surface area contributed by atoms with Crippen molar-refractivity contribution < 1.29 is 9.53 Å². The molecule has 0 aliphatic heterocycles. The maximum absolute atomic E-state index is 12.2. The van der Waals surface area contributed by atoms with Crippen LogP contribution in [0.25, 0.3) is 0 Å². The third-order valence-corrected chi connectivity index (χ3v) is 3.80. The van der Waals surface area contributed by atoms with Gasteiger partial charge in [-0.15, -0.1) is 0 Å². The Labute approximate surface area is 132 Å². The second-order valence-electron chi connectivity index (χ2n) is 5.67. The lowest BCUT2D eigenvalue weighted by Crippen LogP contribution is -2.28. The van der Waals surface area contributed by atoms with E-state index in [9.17, 15) is 4.79 Å². The van der Waals surface area contributed by atoms with Crippen molar-refractivity contribution in [3.05, 3.63) is 64.7 Å². The average Bonchev–Trinajstić information content (AvgIpc) is 2.50. The van der Waals surface area contributed by atoms with E-state index in [0.717, 1.165) is 11.3 Å². The number of hydrogen-bond donors (Lipinski definition) is 1. The maximum atomic E-state index is 12.2. The first-order valence-electron chi connectivity index (χ1n) is 7.49. The lowest BCUT2D eigenvalue weighted by Gasteiger charge is -2.17. The van der Waals surface area contributed by atoms with E-state index in [-0.39, 0.29) is 11.9 Å². The molecule has 1 atom stereocenters. The highest BCUT2D eigenvalue weighted by Gasteiger charge is 2.12. The van der Waals surface area contributed by atoms with Crippen LogP contribution in [-0.4, -0.2) is 13.0 Å². The van der Waals surface area contributed by atoms with Crippen LogP contribution in [-0.2, 0) is 11.2 Å². The first-order valence-corrected chi connectivity index (χ1v) is 7.49. The van der Waals surface area contributed by atoms with E-state index >= 15 is 0 Å². The molecule has 0 fully saturated rings. The van der Waals surface area contributed by atoms with Gasteiger partial charge in [0.1, 0.15) is 5.75 Å². The molecule has 0 saturated heterocycles. The van der Waals surface area contributed by atoms with Crippen LogP contribution >= 0.6 is 0 Å². The van der Waals surface area contributed by atoms with E-state index in [1.165, 1.54) is 16.7 Å². The molecule has 0 spiro atoms. The van der Waals surface area contributed by atoms with Gasteiger partial charge in [0.05, 0.1) is 19.6 Å². The fourth-order valence-electron chi connectivity index (χ4n) is 2.53. The Morgan fingerprint density at radius 3 is 2.45 bits per heavy atom. The highest BCUT2D eigenvalue weighted by Crippen LogP contribution is 2.19. The molecule has 0 heterocycles. The highest BCUT2D eigenvalue weighted by atomic mass is 16.5. The van der Waals surface area contributed by atoms with E-state index in [4.69, 9.17) is 4.74 Å². The van der Waals surface area contributed by atoms with Gasteiger partial charge < -0.3 is 10.1 Å². The summed E-state index contributed by atoms with van der Waals surface area (Å²) in [5.74, 6) is 0.825. The molecule has 0 bridgehead atoms. The number of carbonyl (C=O) groups is 1. The monoisotopic (exact) mass is 297 g/mol. The molecule has 3 heteroatoms. The van der Waals surface area contributed by atoms with E-state index < -0.39 is 0 Å². The normalized spacial score (nSPS) is 11.8. The molecule has 1 unspecified atom stereocenters. The van der Waals surface area contributed by atoms with Crippen molar-refractivity contribution in [2.24, 2.45) is 0 Å². The van der Waals surface area contributed by atoms with Crippen LogP contribution in [0.4, 0.5) is 0 Å².